The third-order valence-corrected chi connectivity index (χ3v) is 2.83. The summed E-state index contributed by atoms with van der Waals surface area (Å²) in [7, 11) is 0. The molecule has 0 amide bonds. The minimum Gasteiger partial charge on any atom is -0.491 e. The molecule has 0 aromatic heterocycles. The molecule has 5 heteroatoms. The summed E-state index contributed by atoms with van der Waals surface area (Å²) >= 11 is 6.04. The van der Waals surface area contributed by atoms with Gasteiger partial charge in [-0.2, -0.15) is 0 Å². The Morgan fingerprint density at radius 1 is 1.28 bits per heavy atom. The smallest absolute Gasteiger partial charge is 0.335 e. The molecule has 0 fully saturated rings. The molecule has 2 aromatic rings. The number of ether oxygens (including phenoxy) is 1. The zero-order chi connectivity index (χ0) is 13.1. The van der Waals surface area contributed by atoms with E-state index in [4.69, 9.17) is 26.6 Å². The number of benzene rings is 2. The topological polar surface area (TPSA) is 66.8 Å². The highest BCUT2D eigenvalue weighted by Gasteiger charge is 2.11. The van der Waals surface area contributed by atoms with Crippen LogP contribution in [0.3, 0.4) is 0 Å². The van der Waals surface area contributed by atoms with E-state index in [2.05, 4.69) is 0 Å². The number of aliphatic hydroxyl groups is 1. The van der Waals surface area contributed by atoms with E-state index < -0.39 is 5.97 Å². The van der Waals surface area contributed by atoms with Crippen LogP contribution in [0.4, 0.5) is 0 Å². The van der Waals surface area contributed by atoms with Gasteiger partial charge in [-0.3, -0.25) is 0 Å². The summed E-state index contributed by atoms with van der Waals surface area (Å²) in [6.07, 6.45) is 0. The molecule has 0 aliphatic carbocycles. The van der Waals surface area contributed by atoms with Crippen LogP contribution in [-0.4, -0.2) is 29.4 Å². The Hall–Kier alpha value is -1.78. The van der Waals surface area contributed by atoms with Crippen LogP contribution in [-0.2, 0) is 0 Å². The molecule has 2 N–H and O–H groups in total. The number of aromatic carboxylic acids is 1. The molecule has 0 saturated heterocycles. The molecule has 0 heterocycles. The minimum absolute atomic E-state index is 0.100. The average Bonchev–Trinajstić information content (AvgIpc) is 2.36. The van der Waals surface area contributed by atoms with Crippen molar-refractivity contribution in [2.75, 3.05) is 13.2 Å². The second kappa shape index (κ2) is 5.25. The number of carbonyl (C=O) groups is 1. The zero-order valence-corrected chi connectivity index (χ0v) is 10.1. The fraction of sp³-hybridized carbons (Fsp3) is 0.154. The van der Waals surface area contributed by atoms with Gasteiger partial charge >= 0.3 is 5.97 Å². The summed E-state index contributed by atoms with van der Waals surface area (Å²) in [5.74, 6) is -0.646. The second-order valence-electron chi connectivity index (χ2n) is 3.69. The molecule has 0 spiro atoms. The molecular formula is C13H11ClO4. The highest BCUT2D eigenvalue weighted by atomic mass is 35.5. The van der Waals surface area contributed by atoms with Gasteiger partial charge in [-0.1, -0.05) is 23.7 Å². The van der Waals surface area contributed by atoms with E-state index in [0.717, 1.165) is 5.39 Å². The van der Waals surface area contributed by atoms with Crippen LogP contribution in [0.2, 0.25) is 5.02 Å². The van der Waals surface area contributed by atoms with Crippen molar-refractivity contribution >= 4 is 28.3 Å². The van der Waals surface area contributed by atoms with E-state index in [1.54, 1.807) is 18.2 Å². The summed E-state index contributed by atoms with van der Waals surface area (Å²) in [4.78, 5) is 11.0. The zero-order valence-electron chi connectivity index (χ0n) is 9.39. The van der Waals surface area contributed by atoms with Crippen LogP contribution in [0.25, 0.3) is 10.8 Å². The maximum absolute atomic E-state index is 11.0. The van der Waals surface area contributed by atoms with Gasteiger partial charge in [-0.15, -0.1) is 0 Å². The summed E-state index contributed by atoms with van der Waals surface area (Å²) in [6.45, 7) is -0.0377. The summed E-state index contributed by atoms with van der Waals surface area (Å²) in [5.41, 5.74) is 0.100. The van der Waals surface area contributed by atoms with Crippen LogP contribution in [0.1, 0.15) is 10.4 Å². The van der Waals surface area contributed by atoms with E-state index in [-0.39, 0.29) is 18.8 Å². The Balaban J connectivity index is 2.65. The minimum atomic E-state index is -1.05. The van der Waals surface area contributed by atoms with Crippen LogP contribution in [0, 0.1) is 0 Å². The third-order valence-electron chi connectivity index (χ3n) is 2.50. The lowest BCUT2D eigenvalue weighted by Gasteiger charge is -2.10. The monoisotopic (exact) mass is 266 g/mol. The molecule has 94 valence electrons. The first-order valence-electron chi connectivity index (χ1n) is 5.32. The highest BCUT2D eigenvalue weighted by Crippen LogP contribution is 2.32. The van der Waals surface area contributed by atoms with E-state index in [1.807, 2.05) is 0 Å². The number of halogens is 1. The predicted octanol–water partition coefficient (Wildman–Crippen LogP) is 2.56. The first-order valence-corrected chi connectivity index (χ1v) is 5.70. The molecule has 0 radical (unpaired) electrons. The Labute approximate surface area is 108 Å². The maximum Gasteiger partial charge on any atom is 0.335 e. The standard InChI is InChI=1S/C13H11ClO4/c14-11-3-1-2-9-10(11)6-8(13(16)17)7-12(9)18-5-4-15/h1-3,6-7,15H,4-5H2,(H,16,17). The quantitative estimate of drug-likeness (QED) is 0.892. The van der Waals surface area contributed by atoms with Gasteiger partial charge in [0.25, 0.3) is 0 Å². The Morgan fingerprint density at radius 2 is 2.06 bits per heavy atom. The Kier molecular flexibility index (Phi) is 3.69. The van der Waals surface area contributed by atoms with Gasteiger partial charge in [0.1, 0.15) is 12.4 Å². The predicted molar refractivity (Wildman–Crippen MR) is 68.5 cm³/mol. The van der Waals surface area contributed by atoms with Crippen molar-refractivity contribution < 1.29 is 19.7 Å². The molecule has 2 aromatic carbocycles. The lowest BCUT2D eigenvalue weighted by Crippen LogP contribution is -2.04. The number of rotatable bonds is 4. The molecule has 0 atom stereocenters. The Bertz CT molecular complexity index is 595. The normalized spacial score (nSPS) is 10.6. The van der Waals surface area contributed by atoms with E-state index in [0.29, 0.717) is 16.2 Å². The number of carboxylic acids is 1. The fourth-order valence-corrected chi connectivity index (χ4v) is 1.94. The van der Waals surface area contributed by atoms with Crippen molar-refractivity contribution in [1.29, 1.82) is 0 Å². The molecule has 18 heavy (non-hydrogen) atoms. The highest BCUT2D eigenvalue weighted by molar-refractivity contribution is 6.35. The molecule has 0 bridgehead atoms. The molecule has 0 unspecified atom stereocenters. The van der Waals surface area contributed by atoms with Gasteiger partial charge in [0.15, 0.2) is 0 Å². The van der Waals surface area contributed by atoms with Crippen molar-refractivity contribution in [2.45, 2.75) is 0 Å². The van der Waals surface area contributed by atoms with E-state index in [1.165, 1.54) is 12.1 Å². The maximum atomic E-state index is 11.0. The van der Waals surface area contributed by atoms with Gasteiger partial charge in [0, 0.05) is 15.8 Å². The van der Waals surface area contributed by atoms with Crippen LogP contribution < -0.4 is 4.74 Å². The van der Waals surface area contributed by atoms with Crippen molar-refractivity contribution in [3.05, 3.63) is 40.9 Å². The van der Waals surface area contributed by atoms with Gasteiger partial charge in [-0.05, 0) is 18.2 Å². The number of hydrogen-bond donors (Lipinski definition) is 2. The van der Waals surface area contributed by atoms with Crippen LogP contribution >= 0.6 is 11.6 Å². The van der Waals surface area contributed by atoms with Crippen LogP contribution in [0.15, 0.2) is 30.3 Å². The molecule has 0 saturated carbocycles. The van der Waals surface area contributed by atoms with E-state index in [9.17, 15) is 4.79 Å². The van der Waals surface area contributed by atoms with Crippen molar-refractivity contribution in [1.82, 2.24) is 0 Å². The molecular weight excluding hydrogens is 256 g/mol. The average molecular weight is 267 g/mol. The molecule has 0 aliphatic rings. The first kappa shape index (κ1) is 12.7. The number of hydrogen-bond acceptors (Lipinski definition) is 3. The summed E-state index contributed by atoms with van der Waals surface area (Å²) in [6, 6.07) is 8.17. The summed E-state index contributed by atoms with van der Waals surface area (Å²) < 4.78 is 5.34. The number of carboxylic acid groups (broad SMARTS) is 1. The Morgan fingerprint density at radius 3 is 2.72 bits per heavy atom. The van der Waals surface area contributed by atoms with Crippen molar-refractivity contribution in [2.24, 2.45) is 0 Å². The number of fused-ring (bicyclic) bond motifs is 1. The largest absolute Gasteiger partial charge is 0.491 e. The lowest BCUT2D eigenvalue weighted by atomic mass is 10.1. The summed E-state index contributed by atoms with van der Waals surface area (Å²) in [5, 5.41) is 19.6. The first-order chi connectivity index (χ1) is 8.63. The third kappa shape index (κ3) is 2.39. The lowest BCUT2D eigenvalue weighted by molar-refractivity contribution is 0.0696. The van der Waals surface area contributed by atoms with Crippen molar-refractivity contribution in [3.8, 4) is 5.75 Å². The SMILES string of the molecule is O=C(O)c1cc(OCCO)c2cccc(Cl)c2c1. The molecule has 0 aliphatic heterocycles. The van der Waals surface area contributed by atoms with Gasteiger partial charge < -0.3 is 14.9 Å². The van der Waals surface area contributed by atoms with Crippen molar-refractivity contribution in [3.63, 3.8) is 0 Å². The fourth-order valence-electron chi connectivity index (χ4n) is 1.71. The molecule has 4 nitrogen and oxygen atoms in total. The van der Waals surface area contributed by atoms with Gasteiger partial charge in [0.05, 0.1) is 12.2 Å². The van der Waals surface area contributed by atoms with Crippen LogP contribution in [0.5, 0.6) is 5.75 Å². The van der Waals surface area contributed by atoms with Gasteiger partial charge in [-0.25, -0.2) is 4.79 Å². The second-order valence-corrected chi connectivity index (χ2v) is 4.09. The number of aliphatic hydroxyl groups excluding tert-OH is 1. The molecule has 2 rings (SSSR count). The van der Waals surface area contributed by atoms with E-state index >= 15 is 0 Å². The van der Waals surface area contributed by atoms with Gasteiger partial charge in [0.2, 0.25) is 0 Å².